The molecule has 0 spiro atoms. The first-order chi connectivity index (χ1) is 21.1. The van der Waals surface area contributed by atoms with Gasteiger partial charge in [-0.1, -0.05) is 24.3 Å². The van der Waals surface area contributed by atoms with Crippen LogP contribution in [0.1, 0.15) is 62.0 Å². The number of rotatable bonds is 9. The van der Waals surface area contributed by atoms with Gasteiger partial charge in [0.15, 0.2) is 0 Å². The molecule has 2 aromatic carbocycles. The molecule has 0 aliphatic carbocycles. The number of tetrazole rings is 2. The first-order valence-electron chi connectivity index (χ1n) is 14.4. The molecule has 0 N–H and O–H groups in total. The Morgan fingerprint density at radius 2 is 1.00 bits per heavy atom. The first-order valence-corrected chi connectivity index (χ1v) is 16.5. The summed E-state index contributed by atoms with van der Waals surface area (Å²) in [6.45, 7) is 16.5. The van der Waals surface area contributed by atoms with Crippen LogP contribution in [0.25, 0.3) is 34.2 Å². The molecule has 0 saturated carbocycles. The van der Waals surface area contributed by atoms with Crippen molar-refractivity contribution in [2.24, 2.45) is 0 Å². The first kappa shape index (κ1) is 29.8. The fourth-order valence-electron chi connectivity index (χ4n) is 4.60. The van der Waals surface area contributed by atoms with Gasteiger partial charge in [-0.25, -0.2) is 9.36 Å². The lowest BCUT2D eigenvalue weighted by Crippen LogP contribution is -2.05. The summed E-state index contributed by atoms with van der Waals surface area (Å²) in [7, 11) is 3.11. The maximum atomic E-state index is 4.83. The van der Waals surface area contributed by atoms with Gasteiger partial charge in [-0.3, -0.25) is 0 Å². The Morgan fingerprint density at radius 3 is 1.36 bits per heavy atom. The van der Waals surface area contributed by atoms with Crippen molar-refractivity contribution < 1.29 is 0 Å². The average molecular weight is 627 g/mol. The van der Waals surface area contributed by atoms with E-state index in [0.29, 0.717) is 11.6 Å². The fourth-order valence-corrected chi connectivity index (χ4v) is 7.09. The zero-order chi connectivity index (χ0) is 31.1. The zero-order valence-corrected chi connectivity index (χ0v) is 27.6. The molecule has 0 saturated heterocycles. The second kappa shape index (κ2) is 12.0. The average Bonchev–Trinajstić information content (AvgIpc) is 3.80. The monoisotopic (exact) mass is 626 g/mol. The molecule has 14 heteroatoms. The molecule has 12 nitrogen and oxygen atoms in total. The van der Waals surface area contributed by atoms with Crippen molar-refractivity contribution >= 4 is 21.6 Å². The van der Waals surface area contributed by atoms with E-state index < -0.39 is 0 Å². The lowest BCUT2D eigenvalue weighted by molar-refractivity contribution is 0.455. The van der Waals surface area contributed by atoms with E-state index in [9.17, 15) is 0 Å². The van der Waals surface area contributed by atoms with Crippen LogP contribution < -0.4 is 0 Å². The molecular weight excluding hydrogens is 593 g/mol. The molecule has 0 aliphatic rings. The van der Waals surface area contributed by atoms with E-state index in [4.69, 9.17) is 10.2 Å². The third-order valence-electron chi connectivity index (χ3n) is 7.52. The lowest BCUT2D eigenvalue weighted by Gasteiger charge is -2.14. The Hall–Kier alpha value is -4.30. The van der Waals surface area contributed by atoms with Crippen LogP contribution in [0.5, 0.6) is 0 Å². The number of hydrogen-bond donors (Lipinski definition) is 0. The van der Waals surface area contributed by atoms with Gasteiger partial charge in [-0.15, -0.1) is 20.4 Å². The van der Waals surface area contributed by atoms with Gasteiger partial charge in [0.05, 0.1) is 47.0 Å². The number of aromatic nitrogens is 12. The van der Waals surface area contributed by atoms with Gasteiger partial charge < -0.3 is 0 Å². The van der Waals surface area contributed by atoms with Gasteiger partial charge in [0, 0.05) is 0 Å². The maximum Gasteiger partial charge on any atom is 0.209 e. The smallest absolute Gasteiger partial charge is 0.209 e. The van der Waals surface area contributed by atoms with Crippen molar-refractivity contribution in [3.8, 4) is 34.2 Å². The predicted molar refractivity (Wildman–Crippen MR) is 172 cm³/mol. The molecule has 6 rings (SSSR count). The number of nitrogens with zero attached hydrogens (tertiary/aromatic N) is 12. The van der Waals surface area contributed by atoms with Gasteiger partial charge in [-0.05, 0) is 122 Å². The topological polar surface area (TPSA) is 123 Å². The number of aryl methyl sites for hydroxylation is 2. The summed E-state index contributed by atoms with van der Waals surface area (Å²) >= 11 is 0. The van der Waals surface area contributed by atoms with Crippen molar-refractivity contribution in [1.82, 2.24) is 60.0 Å². The number of benzene rings is 2. The van der Waals surface area contributed by atoms with Gasteiger partial charge in [0.1, 0.15) is 10.1 Å². The fraction of sp³-hybridized carbons (Fsp3) is 0.333. The van der Waals surface area contributed by atoms with Crippen molar-refractivity contribution in [1.29, 1.82) is 0 Å². The molecule has 6 aromatic rings. The van der Waals surface area contributed by atoms with Crippen molar-refractivity contribution in [3.63, 3.8) is 0 Å². The molecule has 0 fully saturated rings. The van der Waals surface area contributed by atoms with E-state index in [1.807, 2.05) is 61.6 Å². The standard InChI is InChI=1S/C30H34N12S2/c1-17(2)41-35-27(33-37-41)23-15-31-39(25-13-9-11-19(5)21(25)7)29(23)43-44-30-24(28-34-38-42(36-28)18(3)4)16-32-40(30)26-14-10-12-20(6)22(26)8/h9-18H,1-8H3. The summed E-state index contributed by atoms with van der Waals surface area (Å²) in [5.41, 5.74) is 8.20. The summed E-state index contributed by atoms with van der Waals surface area (Å²) in [6.07, 6.45) is 3.62. The Labute approximate surface area is 263 Å². The minimum atomic E-state index is 0.0806. The minimum Gasteiger partial charge on any atom is -0.225 e. The van der Waals surface area contributed by atoms with Crippen LogP contribution >= 0.6 is 21.6 Å². The van der Waals surface area contributed by atoms with E-state index in [-0.39, 0.29) is 12.1 Å². The quantitative estimate of drug-likeness (QED) is 0.163. The highest BCUT2D eigenvalue weighted by Gasteiger charge is 2.25. The summed E-state index contributed by atoms with van der Waals surface area (Å²) in [6, 6.07) is 12.6. The second-order valence-electron chi connectivity index (χ2n) is 11.2. The Bertz CT molecular complexity index is 1800. The third kappa shape index (κ3) is 5.43. The Kier molecular flexibility index (Phi) is 8.12. The van der Waals surface area contributed by atoms with Crippen molar-refractivity contribution in [2.45, 2.75) is 77.5 Å². The highest BCUT2D eigenvalue weighted by molar-refractivity contribution is 8.76. The maximum absolute atomic E-state index is 4.83. The van der Waals surface area contributed by atoms with E-state index in [1.165, 1.54) is 11.1 Å². The molecule has 4 heterocycles. The van der Waals surface area contributed by atoms with Crippen molar-refractivity contribution in [3.05, 3.63) is 71.0 Å². The summed E-state index contributed by atoms with van der Waals surface area (Å²) in [5.74, 6) is 1.03. The zero-order valence-electron chi connectivity index (χ0n) is 26.0. The van der Waals surface area contributed by atoms with E-state index >= 15 is 0 Å². The van der Waals surface area contributed by atoms with Crippen LogP contribution in [0.3, 0.4) is 0 Å². The molecular formula is C30H34N12S2. The molecule has 0 bridgehead atoms. The molecule has 0 amide bonds. The van der Waals surface area contributed by atoms with Gasteiger partial charge in [0.2, 0.25) is 11.6 Å². The van der Waals surface area contributed by atoms with Crippen LogP contribution in [0.2, 0.25) is 0 Å². The highest BCUT2D eigenvalue weighted by Crippen LogP contribution is 2.46. The Morgan fingerprint density at radius 1 is 0.591 bits per heavy atom. The van der Waals surface area contributed by atoms with Gasteiger partial charge in [-0.2, -0.15) is 19.8 Å². The molecule has 0 unspecified atom stereocenters. The van der Waals surface area contributed by atoms with Crippen LogP contribution in [0.4, 0.5) is 0 Å². The normalized spacial score (nSPS) is 11.8. The molecule has 4 aromatic heterocycles. The molecule has 44 heavy (non-hydrogen) atoms. The van der Waals surface area contributed by atoms with E-state index in [2.05, 4.69) is 82.8 Å². The van der Waals surface area contributed by atoms with E-state index in [1.54, 1.807) is 31.2 Å². The predicted octanol–water partition coefficient (Wildman–Crippen LogP) is 6.56. The molecule has 0 aliphatic heterocycles. The van der Waals surface area contributed by atoms with Crippen molar-refractivity contribution in [2.75, 3.05) is 0 Å². The number of hydrogen-bond acceptors (Lipinski definition) is 10. The molecule has 0 radical (unpaired) electrons. The molecule has 226 valence electrons. The SMILES string of the molecule is Cc1cccc(-n2ncc(-c3nnn(C(C)C)n3)c2SSc2c(-c3nnn(C(C)C)n3)cnn2-c2cccc(C)c2C)c1C. The highest BCUT2D eigenvalue weighted by atomic mass is 33.1. The molecule has 0 atom stereocenters. The minimum absolute atomic E-state index is 0.0806. The lowest BCUT2D eigenvalue weighted by atomic mass is 10.1. The second-order valence-corrected chi connectivity index (χ2v) is 13.3. The van der Waals surface area contributed by atoms with Crippen LogP contribution in [0.15, 0.2) is 58.8 Å². The summed E-state index contributed by atoms with van der Waals surface area (Å²) in [4.78, 5) is 3.23. The summed E-state index contributed by atoms with van der Waals surface area (Å²) < 4.78 is 3.91. The van der Waals surface area contributed by atoms with Crippen LogP contribution in [0, 0.1) is 27.7 Å². The largest absolute Gasteiger partial charge is 0.225 e. The van der Waals surface area contributed by atoms with Gasteiger partial charge >= 0.3 is 0 Å². The van der Waals surface area contributed by atoms with Crippen LogP contribution in [-0.2, 0) is 0 Å². The summed E-state index contributed by atoms with van der Waals surface area (Å²) in [5, 5.41) is 38.1. The van der Waals surface area contributed by atoms with E-state index in [0.717, 1.165) is 43.7 Å². The Balaban J connectivity index is 1.49. The van der Waals surface area contributed by atoms with Gasteiger partial charge in [0.25, 0.3) is 0 Å². The van der Waals surface area contributed by atoms with Crippen LogP contribution in [-0.4, -0.2) is 60.0 Å². The third-order valence-corrected chi connectivity index (χ3v) is 9.90.